The second-order valence-electron chi connectivity index (χ2n) is 1.57. The summed E-state index contributed by atoms with van der Waals surface area (Å²) in [5, 5.41) is 9.83. The van der Waals surface area contributed by atoms with Crippen LogP contribution in [0.1, 0.15) is 0 Å². The molecule has 1 atom stereocenters. The van der Waals surface area contributed by atoms with Crippen molar-refractivity contribution in [3.8, 4) is 0 Å². The van der Waals surface area contributed by atoms with Crippen LogP contribution in [0.4, 0.5) is 4.39 Å². The Bertz CT molecular complexity index is 239. The highest BCUT2D eigenvalue weighted by atomic mass is 32.2. The number of alkyl halides is 1. The lowest BCUT2D eigenvalue weighted by molar-refractivity contribution is -0.139. The van der Waals surface area contributed by atoms with Crippen LogP contribution in [-0.2, 0) is 4.79 Å². The number of carboxylic acids is 1. The van der Waals surface area contributed by atoms with Crippen molar-refractivity contribution in [1.82, 2.24) is 4.98 Å². The van der Waals surface area contributed by atoms with Gasteiger partial charge in [-0.3, -0.25) is 0 Å². The molecule has 6 heteroatoms. The van der Waals surface area contributed by atoms with Crippen LogP contribution in [0, 0.1) is 0 Å². The normalized spacial score (nSPS) is 12.8. The number of aliphatic carboxylic acids is 1. The average molecular weight is 193 g/mol. The van der Waals surface area contributed by atoms with Crippen LogP contribution in [0.15, 0.2) is 15.9 Å². The van der Waals surface area contributed by atoms with Gasteiger partial charge in [0.2, 0.25) is 5.50 Å². The number of rotatable bonds is 3. The van der Waals surface area contributed by atoms with E-state index in [-0.39, 0.29) is 0 Å². The third-order valence-corrected chi connectivity index (χ3v) is 2.67. The standard InChI is InChI=1S/C5H4FNO2S2/c6-3(4(8)9)11-5-7-1-2-10-5/h1-3H,(H,8,9). The summed E-state index contributed by atoms with van der Waals surface area (Å²) in [6, 6.07) is 0. The maximum absolute atomic E-state index is 12.4. The van der Waals surface area contributed by atoms with Crippen molar-refractivity contribution < 1.29 is 14.3 Å². The number of carbonyl (C=O) groups is 1. The topological polar surface area (TPSA) is 50.2 Å². The van der Waals surface area contributed by atoms with Crippen molar-refractivity contribution in [3.63, 3.8) is 0 Å². The monoisotopic (exact) mass is 193 g/mol. The first kappa shape index (κ1) is 8.48. The fourth-order valence-electron chi connectivity index (χ4n) is 0.407. The van der Waals surface area contributed by atoms with Crippen molar-refractivity contribution in [2.24, 2.45) is 0 Å². The van der Waals surface area contributed by atoms with Crippen molar-refractivity contribution >= 4 is 29.1 Å². The number of hydrogen-bond donors (Lipinski definition) is 1. The van der Waals surface area contributed by atoms with Crippen molar-refractivity contribution in [3.05, 3.63) is 11.6 Å². The summed E-state index contributed by atoms with van der Waals surface area (Å²) in [5.74, 6) is -1.47. The van der Waals surface area contributed by atoms with Gasteiger partial charge in [-0.1, -0.05) is 0 Å². The largest absolute Gasteiger partial charge is 0.478 e. The fraction of sp³-hybridized carbons (Fsp3) is 0.200. The summed E-state index contributed by atoms with van der Waals surface area (Å²) < 4.78 is 12.8. The van der Waals surface area contributed by atoms with Crippen LogP contribution in [0.2, 0.25) is 0 Å². The van der Waals surface area contributed by atoms with E-state index in [2.05, 4.69) is 4.98 Å². The molecule has 1 N–H and O–H groups in total. The lowest BCUT2D eigenvalue weighted by atomic mass is 10.8. The molecule has 0 saturated carbocycles. The third kappa shape index (κ3) is 2.47. The smallest absolute Gasteiger partial charge is 0.349 e. The van der Waals surface area contributed by atoms with Crippen LogP contribution < -0.4 is 0 Å². The molecule has 1 aromatic heterocycles. The molecule has 0 spiro atoms. The van der Waals surface area contributed by atoms with E-state index in [1.54, 1.807) is 5.38 Å². The summed E-state index contributed by atoms with van der Waals surface area (Å²) in [4.78, 5) is 13.7. The zero-order valence-electron chi connectivity index (χ0n) is 5.23. The van der Waals surface area contributed by atoms with E-state index in [0.717, 1.165) is 0 Å². The Morgan fingerprint density at radius 2 is 2.64 bits per heavy atom. The fourth-order valence-corrected chi connectivity index (χ4v) is 1.81. The van der Waals surface area contributed by atoms with Gasteiger partial charge in [0.05, 0.1) is 0 Å². The highest BCUT2D eigenvalue weighted by Crippen LogP contribution is 2.25. The summed E-state index contributed by atoms with van der Waals surface area (Å²) in [7, 11) is 0. The van der Waals surface area contributed by atoms with Gasteiger partial charge in [-0.15, -0.1) is 11.3 Å². The maximum atomic E-state index is 12.4. The van der Waals surface area contributed by atoms with Gasteiger partial charge in [-0.05, 0) is 11.8 Å². The first-order valence-corrected chi connectivity index (χ1v) is 4.39. The summed E-state index contributed by atoms with van der Waals surface area (Å²) in [5.41, 5.74) is -1.92. The lowest BCUT2D eigenvalue weighted by Gasteiger charge is -1.96. The van der Waals surface area contributed by atoms with Gasteiger partial charge in [0.1, 0.15) is 0 Å². The Kier molecular flexibility index (Phi) is 2.84. The van der Waals surface area contributed by atoms with E-state index in [4.69, 9.17) is 5.11 Å². The number of halogens is 1. The van der Waals surface area contributed by atoms with Gasteiger partial charge in [-0.2, -0.15) is 0 Å². The quantitative estimate of drug-likeness (QED) is 0.741. The van der Waals surface area contributed by atoms with E-state index in [9.17, 15) is 9.18 Å². The van der Waals surface area contributed by atoms with Gasteiger partial charge in [0.15, 0.2) is 4.34 Å². The van der Waals surface area contributed by atoms with E-state index >= 15 is 0 Å². The number of hydrogen-bond acceptors (Lipinski definition) is 4. The van der Waals surface area contributed by atoms with E-state index in [1.807, 2.05) is 0 Å². The number of thiazole rings is 1. The molecule has 1 unspecified atom stereocenters. The molecule has 0 amide bonds. The van der Waals surface area contributed by atoms with Gasteiger partial charge in [0, 0.05) is 11.6 Å². The van der Waals surface area contributed by atoms with Crippen LogP contribution >= 0.6 is 23.1 Å². The number of nitrogens with zero attached hydrogens (tertiary/aromatic N) is 1. The van der Waals surface area contributed by atoms with E-state index in [0.29, 0.717) is 16.1 Å². The molecule has 1 rings (SSSR count). The molecule has 0 saturated heterocycles. The Hall–Kier alpha value is -0.620. The highest BCUT2D eigenvalue weighted by molar-refractivity contribution is 8.02. The molecule has 11 heavy (non-hydrogen) atoms. The minimum atomic E-state index is -1.92. The average Bonchev–Trinajstić information content (AvgIpc) is 2.39. The predicted molar refractivity (Wildman–Crippen MR) is 40.5 cm³/mol. The molecule has 60 valence electrons. The highest BCUT2D eigenvalue weighted by Gasteiger charge is 2.17. The minimum absolute atomic E-state index is 0.430. The molecule has 0 aromatic carbocycles. The SMILES string of the molecule is O=C(O)C(F)Sc1nccs1. The summed E-state index contributed by atoms with van der Waals surface area (Å²) >= 11 is 1.82. The van der Waals surface area contributed by atoms with Gasteiger partial charge in [0.25, 0.3) is 0 Å². The van der Waals surface area contributed by atoms with Crippen LogP contribution in [0.5, 0.6) is 0 Å². The molecule has 3 nitrogen and oxygen atoms in total. The summed E-state index contributed by atoms with van der Waals surface area (Å²) in [6.45, 7) is 0. The Labute approximate surface area is 70.3 Å². The van der Waals surface area contributed by atoms with Crippen LogP contribution in [-0.4, -0.2) is 21.6 Å². The molecule has 0 aliphatic heterocycles. The number of aromatic nitrogens is 1. The first-order chi connectivity index (χ1) is 5.20. The predicted octanol–water partition coefficient (Wildman–Crippen LogP) is 1.62. The number of thioether (sulfide) groups is 1. The molecule has 0 fully saturated rings. The molecule has 0 aliphatic rings. The van der Waals surface area contributed by atoms with Crippen molar-refractivity contribution in [2.45, 2.75) is 9.84 Å². The van der Waals surface area contributed by atoms with E-state index in [1.165, 1.54) is 17.5 Å². The second-order valence-corrected chi connectivity index (χ2v) is 3.76. The Morgan fingerprint density at radius 1 is 1.91 bits per heavy atom. The maximum Gasteiger partial charge on any atom is 0.349 e. The first-order valence-electron chi connectivity index (χ1n) is 2.63. The molecule has 0 bridgehead atoms. The van der Waals surface area contributed by atoms with Gasteiger partial charge >= 0.3 is 5.97 Å². The van der Waals surface area contributed by atoms with Crippen LogP contribution in [0.25, 0.3) is 0 Å². The molecule has 1 aromatic rings. The van der Waals surface area contributed by atoms with Crippen LogP contribution in [0.3, 0.4) is 0 Å². The number of carboxylic acid groups (broad SMARTS) is 1. The lowest BCUT2D eigenvalue weighted by Crippen LogP contribution is -2.09. The van der Waals surface area contributed by atoms with Crippen molar-refractivity contribution in [1.29, 1.82) is 0 Å². The Balaban J connectivity index is 2.50. The van der Waals surface area contributed by atoms with Crippen molar-refractivity contribution in [2.75, 3.05) is 0 Å². The second kappa shape index (κ2) is 3.68. The van der Waals surface area contributed by atoms with Gasteiger partial charge in [-0.25, -0.2) is 14.2 Å². The molecule has 1 heterocycles. The zero-order chi connectivity index (χ0) is 8.27. The third-order valence-electron chi connectivity index (χ3n) is 0.808. The molecular formula is C5H4FNO2S2. The van der Waals surface area contributed by atoms with Gasteiger partial charge < -0.3 is 5.11 Å². The molecule has 0 aliphatic carbocycles. The minimum Gasteiger partial charge on any atom is -0.478 e. The molecule has 0 radical (unpaired) electrons. The Morgan fingerprint density at radius 3 is 3.09 bits per heavy atom. The van der Waals surface area contributed by atoms with E-state index < -0.39 is 11.5 Å². The summed E-state index contributed by atoms with van der Waals surface area (Å²) in [6.07, 6.45) is 1.50. The zero-order valence-corrected chi connectivity index (χ0v) is 6.86. The molecular weight excluding hydrogens is 189 g/mol.